The fourth-order valence-electron chi connectivity index (χ4n) is 1.98. The van der Waals surface area contributed by atoms with Gasteiger partial charge in [0.1, 0.15) is 6.04 Å². The number of amides is 2. The van der Waals surface area contributed by atoms with E-state index in [1.54, 1.807) is 4.90 Å². The number of Topliss-reactive ketones (excluding diaryl/α,β-unsaturated/α-hetero) is 1. The molecule has 0 unspecified atom stereocenters. The number of nitrogens with zero attached hydrogens (tertiary/aromatic N) is 1. The number of aliphatic hydroxyl groups is 1. The molecule has 0 radical (unpaired) electrons. The Kier molecular flexibility index (Phi) is 1.95. The van der Waals surface area contributed by atoms with Crippen LogP contribution in [0.5, 0.6) is 0 Å². The van der Waals surface area contributed by atoms with Crippen molar-refractivity contribution in [2.24, 2.45) is 0 Å². The van der Waals surface area contributed by atoms with Crippen molar-refractivity contribution in [2.75, 3.05) is 13.2 Å². The molecule has 0 aliphatic carbocycles. The minimum absolute atomic E-state index is 0.0559. The lowest BCUT2D eigenvalue weighted by atomic mass is 10.0. The number of nitrogens with one attached hydrogen (secondary N) is 1. The van der Waals surface area contributed by atoms with E-state index in [1.807, 2.05) is 0 Å². The highest BCUT2D eigenvalue weighted by atomic mass is 16.3. The molecule has 0 aromatic carbocycles. The van der Waals surface area contributed by atoms with Crippen LogP contribution >= 0.6 is 0 Å². The largest absolute Gasteiger partial charge is 0.394 e. The third-order valence-electron chi connectivity index (χ3n) is 2.67. The number of aliphatic hydroxyl groups excluding tert-OH is 1. The quantitative estimate of drug-likeness (QED) is 0.555. The zero-order chi connectivity index (χ0) is 9.42. The molecule has 0 bridgehead atoms. The van der Waals surface area contributed by atoms with Crippen molar-refractivity contribution in [2.45, 2.75) is 24.9 Å². The number of fused-ring (bicyclic) bond motifs is 1. The maximum atomic E-state index is 11.6. The lowest BCUT2D eigenvalue weighted by Crippen LogP contribution is -2.61. The van der Waals surface area contributed by atoms with Crippen molar-refractivity contribution in [3.05, 3.63) is 0 Å². The Morgan fingerprint density at radius 1 is 1.54 bits per heavy atom. The molecule has 72 valence electrons. The van der Waals surface area contributed by atoms with E-state index >= 15 is 0 Å². The van der Waals surface area contributed by atoms with Gasteiger partial charge in [-0.3, -0.25) is 4.79 Å². The highest BCUT2D eigenvalue weighted by Crippen LogP contribution is 2.22. The van der Waals surface area contributed by atoms with Gasteiger partial charge in [-0.15, -0.1) is 0 Å². The van der Waals surface area contributed by atoms with Crippen LogP contribution in [0.4, 0.5) is 4.79 Å². The fraction of sp³-hybridized carbons (Fsp3) is 0.750. The van der Waals surface area contributed by atoms with E-state index in [-0.39, 0.29) is 24.5 Å². The molecule has 2 atom stereocenters. The maximum Gasteiger partial charge on any atom is 0.318 e. The molecule has 2 rings (SSSR count). The van der Waals surface area contributed by atoms with Gasteiger partial charge in [0.15, 0.2) is 5.78 Å². The minimum atomic E-state index is -0.688. The number of rotatable bonds is 1. The van der Waals surface area contributed by atoms with Crippen LogP contribution in [0.2, 0.25) is 0 Å². The number of carbonyl (C=O) groups is 2. The van der Waals surface area contributed by atoms with Crippen LogP contribution in [-0.4, -0.2) is 47.1 Å². The normalized spacial score (nSPS) is 33.2. The van der Waals surface area contributed by atoms with Gasteiger partial charge in [-0.2, -0.15) is 0 Å². The SMILES string of the molecule is O=C1[C@@H](CO)NC(=O)N2CCC[C@@H]12. The van der Waals surface area contributed by atoms with Crippen LogP contribution in [-0.2, 0) is 4.79 Å². The molecule has 5 heteroatoms. The third kappa shape index (κ3) is 1.19. The highest BCUT2D eigenvalue weighted by Gasteiger charge is 2.42. The van der Waals surface area contributed by atoms with Crippen LogP contribution in [0.25, 0.3) is 0 Å². The highest BCUT2D eigenvalue weighted by molar-refractivity contribution is 5.98. The number of urea groups is 1. The number of hydrogen-bond donors (Lipinski definition) is 2. The summed E-state index contributed by atoms with van der Waals surface area (Å²) in [5.74, 6) is -0.0559. The molecule has 2 amide bonds. The van der Waals surface area contributed by atoms with Crippen LogP contribution in [0, 0.1) is 0 Å². The smallest absolute Gasteiger partial charge is 0.318 e. The summed E-state index contributed by atoms with van der Waals surface area (Å²) in [5, 5.41) is 11.3. The van der Waals surface area contributed by atoms with Crippen molar-refractivity contribution in [3.63, 3.8) is 0 Å². The Hall–Kier alpha value is -1.10. The summed E-state index contributed by atoms with van der Waals surface area (Å²) in [6.07, 6.45) is 1.62. The van der Waals surface area contributed by atoms with Crippen molar-refractivity contribution in [3.8, 4) is 0 Å². The summed E-state index contributed by atoms with van der Waals surface area (Å²) in [7, 11) is 0. The number of carbonyl (C=O) groups excluding carboxylic acids is 2. The van der Waals surface area contributed by atoms with Gasteiger partial charge in [-0.25, -0.2) is 4.79 Å². The lowest BCUT2D eigenvalue weighted by molar-refractivity contribution is -0.126. The second-order valence-electron chi connectivity index (χ2n) is 3.44. The molecule has 0 spiro atoms. The van der Waals surface area contributed by atoms with Crippen molar-refractivity contribution in [1.29, 1.82) is 0 Å². The Labute approximate surface area is 75.7 Å². The molecule has 2 N–H and O–H groups in total. The summed E-state index contributed by atoms with van der Waals surface area (Å²) in [6.45, 7) is 0.356. The summed E-state index contributed by atoms with van der Waals surface area (Å²) in [4.78, 5) is 24.5. The van der Waals surface area contributed by atoms with Crippen LogP contribution in [0.1, 0.15) is 12.8 Å². The zero-order valence-electron chi connectivity index (χ0n) is 7.19. The molecule has 0 aromatic rings. The molecular formula is C8H12N2O3. The van der Waals surface area contributed by atoms with Crippen LogP contribution in [0.3, 0.4) is 0 Å². The summed E-state index contributed by atoms with van der Waals surface area (Å²) >= 11 is 0. The van der Waals surface area contributed by atoms with Crippen molar-refractivity contribution >= 4 is 11.8 Å². The predicted octanol–water partition coefficient (Wildman–Crippen LogP) is -0.896. The fourth-order valence-corrected chi connectivity index (χ4v) is 1.98. The zero-order valence-corrected chi connectivity index (χ0v) is 7.19. The van der Waals surface area contributed by atoms with E-state index in [4.69, 9.17) is 5.11 Å². The topological polar surface area (TPSA) is 69.6 Å². The van der Waals surface area contributed by atoms with Crippen molar-refractivity contribution < 1.29 is 14.7 Å². The first-order valence-electron chi connectivity index (χ1n) is 4.46. The van der Waals surface area contributed by atoms with Crippen molar-refractivity contribution in [1.82, 2.24) is 10.2 Å². The molecular weight excluding hydrogens is 172 g/mol. The van der Waals surface area contributed by atoms with Crippen LogP contribution in [0.15, 0.2) is 0 Å². The van der Waals surface area contributed by atoms with E-state index in [0.29, 0.717) is 6.54 Å². The first-order chi connectivity index (χ1) is 6.24. The van der Waals surface area contributed by atoms with Gasteiger partial charge >= 0.3 is 6.03 Å². The van der Waals surface area contributed by atoms with Crippen LogP contribution < -0.4 is 5.32 Å². The Morgan fingerprint density at radius 3 is 3.00 bits per heavy atom. The van der Waals surface area contributed by atoms with Gasteiger partial charge in [0.25, 0.3) is 0 Å². The minimum Gasteiger partial charge on any atom is -0.394 e. The Bertz CT molecular complexity index is 254. The molecule has 0 saturated carbocycles. The molecule has 2 aliphatic heterocycles. The summed E-state index contributed by atoms with van der Waals surface area (Å²) in [5.41, 5.74) is 0. The number of hydrogen-bond acceptors (Lipinski definition) is 3. The van der Waals surface area contributed by atoms with Gasteiger partial charge in [-0.05, 0) is 12.8 Å². The molecule has 5 nitrogen and oxygen atoms in total. The number of ketones is 1. The van der Waals surface area contributed by atoms with E-state index in [2.05, 4.69) is 5.32 Å². The van der Waals surface area contributed by atoms with E-state index in [9.17, 15) is 9.59 Å². The lowest BCUT2D eigenvalue weighted by Gasteiger charge is -2.33. The summed E-state index contributed by atoms with van der Waals surface area (Å²) < 4.78 is 0. The summed E-state index contributed by atoms with van der Waals surface area (Å²) in [6, 6.07) is -1.20. The average Bonchev–Trinajstić information content (AvgIpc) is 2.60. The second-order valence-corrected chi connectivity index (χ2v) is 3.44. The molecule has 2 fully saturated rings. The standard InChI is InChI=1S/C8H12N2O3/c11-4-5-7(12)6-2-1-3-10(6)8(13)9-5/h5-6,11H,1-4H2,(H,9,13)/t5-,6+/m1/s1. The third-order valence-corrected chi connectivity index (χ3v) is 2.67. The first kappa shape index (κ1) is 8.50. The monoisotopic (exact) mass is 184 g/mol. The molecule has 2 heterocycles. The van der Waals surface area contributed by atoms with E-state index in [1.165, 1.54) is 0 Å². The Balaban J connectivity index is 2.19. The molecule has 2 aliphatic rings. The molecule has 0 aromatic heterocycles. The van der Waals surface area contributed by atoms with E-state index in [0.717, 1.165) is 12.8 Å². The Morgan fingerprint density at radius 2 is 2.31 bits per heavy atom. The van der Waals surface area contributed by atoms with Gasteiger partial charge in [0, 0.05) is 6.54 Å². The van der Waals surface area contributed by atoms with E-state index < -0.39 is 6.04 Å². The predicted molar refractivity (Wildman–Crippen MR) is 44.1 cm³/mol. The van der Waals surface area contributed by atoms with Gasteiger partial charge in [0.2, 0.25) is 0 Å². The molecule has 2 saturated heterocycles. The second kappa shape index (κ2) is 2.99. The van der Waals surface area contributed by atoms with Gasteiger partial charge in [-0.1, -0.05) is 0 Å². The first-order valence-corrected chi connectivity index (χ1v) is 4.46. The maximum absolute atomic E-state index is 11.6. The molecule has 13 heavy (non-hydrogen) atoms. The van der Waals surface area contributed by atoms with Gasteiger partial charge < -0.3 is 15.3 Å². The van der Waals surface area contributed by atoms with Gasteiger partial charge in [0.05, 0.1) is 12.6 Å². The average molecular weight is 184 g/mol.